The monoisotopic (exact) mass is 516 g/mol. The summed E-state index contributed by atoms with van der Waals surface area (Å²) in [6, 6.07) is 15.6. The van der Waals surface area contributed by atoms with E-state index in [9.17, 15) is 10.1 Å². The van der Waals surface area contributed by atoms with Gasteiger partial charge < -0.3 is 0 Å². The van der Waals surface area contributed by atoms with Crippen molar-refractivity contribution in [3.63, 3.8) is 0 Å². The zero-order valence-electron chi connectivity index (χ0n) is 19.6. The van der Waals surface area contributed by atoms with Crippen molar-refractivity contribution in [2.45, 2.75) is 32.7 Å². The molecular formula is C28H19Cl2FN4O. The number of rotatable bonds is 2. The van der Waals surface area contributed by atoms with Crippen molar-refractivity contribution in [2.75, 3.05) is 4.90 Å². The number of benzene rings is 3. The van der Waals surface area contributed by atoms with Crippen LogP contribution in [0.1, 0.15) is 64.2 Å². The van der Waals surface area contributed by atoms with Crippen molar-refractivity contribution in [3.05, 3.63) is 98.0 Å². The summed E-state index contributed by atoms with van der Waals surface area (Å²) in [5.74, 6) is -1.04. The maximum atomic E-state index is 15.5. The molecular weight excluding hydrogens is 498 g/mol. The topological polar surface area (TPSA) is 61.9 Å². The van der Waals surface area contributed by atoms with Gasteiger partial charge in [0.15, 0.2) is 11.5 Å². The van der Waals surface area contributed by atoms with Crippen molar-refractivity contribution in [2.24, 2.45) is 0 Å². The molecule has 0 N–H and O–H groups in total. The number of amides is 1. The van der Waals surface area contributed by atoms with Gasteiger partial charge >= 0.3 is 0 Å². The number of hydrogen-bond acceptors (Lipinski definition) is 3. The summed E-state index contributed by atoms with van der Waals surface area (Å²) in [7, 11) is 0. The first-order valence-electron chi connectivity index (χ1n) is 11.5. The lowest BCUT2D eigenvalue weighted by molar-refractivity contribution is 0.0987. The molecule has 6 rings (SSSR count). The Morgan fingerprint density at radius 2 is 1.86 bits per heavy atom. The van der Waals surface area contributed by atoms with E-state index in [-0.39, 0.29) is 28.2 Å². The smallest absolute Gasteiger partial charge is 0.280 e. The highest BCUT2D eigenvalue weighted by molar-refractivity contribution is 6.32. The van der Waals surface area contributed by atoms with E-state index in [4.69, 9.17) is 28.3 Å². The van der Waals surface area contributed by atoms with E-state index >= 15 is 4.39 Å². The lowest BCUT2D eigenvalue weighted by Crippen LogP contribution is -2.34. The molecule has 0 radical (unpaired) electrons. The molecule has 3 heterocycles. The van der Waals surface area contributed by atoms with Gasteiger partial charge in [0, 0.05) is 16.1 Å². The van der Waals surface area contributed by atoms with Crippen LogP contribution < -0.4 is 4.90 Å². The zero-order chi connectivity index (χ0) is 25.5. The van der Waals surface area contributed by atoms with Crippen LogP contribution in [-0.4, -0.2) is 15.7 Å². The SMILES string of the molecule is Cc1cc(C#N)ccc1-n1nc2c(c1C(C)C)C1c3ccc(Cl)cc3-c3ccc(Cl)c(F)c3N1C2=O. The van der Waals surface area contributed by atoms with Crippen LogP contribution >= 0.6 is 23.2 Å². The molecule has 0 fully saturated rings. The lowest BCUT2D eigenvalue weighted by atomic mass is 9.85. The van der Waals surface area contributed by atoms with Crippen LogP contribution in [0.25, 0.3) is 16.8 Å². The molecule has 0 saturated carbocycles. The predicted octanol–water partition coefficient (Wildman–Crippen LogP) is 7.35. The van der Waals surface area contributed by atoms with Crippen LogP contribution in [-0.2, 0) is 0 Å². The van der Waals surface area contributed by atoms with Crippen LogP contribution in [0.4, 0.5) is 10.1 Å². The maximum Gasteiger partial charge on any atom is 0.280 e. The molecule has 0 saturated heterocycles. The normalized spacial score (nSPS) is 15.4. The largest absolute Gasteiger partial charge is 0.292 e. The van der Waals surface area contributed by atoms with Crippen molar-refractivity contribution >= 4 is 34.8 Å². The number of nitriles is 1. The van der Waals surface area contributed by atoms with E-state index in [0.717, 1.165) is 33.6 Å². The third kappa shape index (κ3) is 3.00. The first kappa shape index (κ1) is 22.8. The molecule has 1 unspecified atom stereocenters. The minimum absolute atomic E-state index is 0.00889. The summed E-state index contributed by atoms with van der Waals surface area (Å²) >= 11 is 12.5. The van der Waals surface area contributed by atoms with Crippen LogP contribution in [0.3, 0.4) is 0 Å². The molecule has 1 atom stereocenters. The summed E-state index contributed by atoms with van der Waals surface area (Å²) in [5, 5.41) is 14.5. The number of hydrogen-bond donors (Lipinski definition) is 0. The first-order valence-corrected chi connectivity index (χ1v) is 12.2. The van der Waals surface area contributed by atoms with Gasteiger partial charge in [0.2, 0.25) is 0 Å². The highest BCUT2D eigenvalue weighted by Gasteiger charge is 2.49. The number of aryl methyl sites for hydroxylation is 1. The highest BCUT2D eigenvalue weighted by Crippen LogP contribution is 2.55. The molecule has 2 aliphatic rings. The number of fused-ring (bicyclic) bond motifs is 8. The van der Waals surface area contributed by atoms with E-state index < -0.39 is 11.9 Å². The van der Waals surface area contributed by atoms with Gasteiger partial charge in [-0.25, -0.2) is 9.07 Å². The average Bonchev–Trinajstić information content (AvgIpc) is 3.36. The maximum absolute atomic E-state index is 15.5. The molecule has 0 spiro atoms. The van der Waals surface area contributed by atoms with Gasteiger partial charge in [-0.2, -0.15) is 10.4 Å². The van der Waals surface area contributed by atoms with Gasteiger partial charge in [-0.3, -0.25) is 9.69 Å². The molecule has 36 heavy (non-hydrogen) atoms. The number of nitrogens with zero attached hydrogens (tertiary/aromatic N) is 4. The Bertz CT molecular complexity index is 1670. The van der Waals surface area contributed by atoms with Crippen LogP contribution in [0.2, 0.25) is 10.0 Å². The van der Waals surface area contributed by atoms with E-state index in [0.29, 0.717) is 16.1 Å². The van der Waals surface area contributed by atoms with E-state index in [1.807, 2.05) is 32.9 Å². The third-order valence-electron chi connectivity index (χ3n) is 6.92. The first-order chi connectivity index (χ1) is 17.2. The van der Waals surface area contributed by atoms with Gasteiger partial charge in [-0.15, -0.1) is 0 Å². The Morgan fingerprint density at radius 3 is 2.56 bits per heavy atom. The number of carbonyl (C=O) groups excluding carboxylic acids is 1. The van der Waals surface area contributed by atoms with Crippen molar-refractivity contribution in [3.8, 4) is 22.9 Å². The van der Waals surface area contributed by atoms with Crippen molar-refractivity contribution in [1.29, 1.82) is 5.26 Å². The molecule has 0 bridgehead atoms. The predicted molar refractivity (Wildman–Crippen MR) is 138 cm³/mol. The summed E-state index contributed by atoms with van der Waals surface area (Å²) in [6.07, 6.45) is 0. The Labute approximate surface area is 217 Å². The van der Waals surface area contributed by atoms with Crippen molar-refractivity contribution in [1.82, 2.24) is 9.78 Å². The van der Waals surface area contributed by atoms with Crippen LogP contribution in [0.15, 0.2) is 48.5 Å². The fraction of sp³-hybridized carbons (Fsp3) is 0.179. The van der Waals surface area contributed by atoms with E-state index in [1.165, 1.54) is 11.0 Å². The molecule has 3 aromatic carbocycles. The number of anilines is 1. The van der Waals surface area contributed by atoms with E-state index in [2.05, 4.69) is 6.07 Å². The Morgan fingerprint density at radius 1 is 1.08 bits per heavy atom. The average molecular weight is 517 g/mol. The number of aromatic nitrogens is 2. The van der Waals surface area contributed by atoms with E-state index in [1.54, 1.807) is 35.0 Å². The molecule has 8 heteroatoms. The highest BCUT2D eigenvalue weighted by atomic mass is 35.5. The van der Waals surface area contributed by atoms with Crippen molar-refractivity contribution < 1.29 is 9.18 Å². The second kappa shape index (κ2) is 7.92. The minimum Gasteiger partial charge on any atom is -0.292 e. The minimum atomic E-state index is -0.648. The van der Waals surface area contributed by atoms with Gasteiger partial charge in [0.05, 0.1) is 39.8 Å². The molecule has 1 amide bonds. The summed E-state index contributed by atoms with van der Waals surface area (Å²) < 4.78 is 17.3. The molecule has 178 valence electrons. The molecule has 5 nitrogen and oxygen atoms in total. The second-order valence-corrected chi connectivity index (χ2v) is 10.2. The van der Waals surface area contributed by atoms with Gasteiger partial charge in [0.25, 0.3) is 5.91 Å². The van der Waals surface area contributed by atoms with Crippen LogP contribution in [0, 0.1) is 24.1 Å². The molecule has 4 aromatic rings. The standard InChI is InChI=1S/C28H19Cl2FN4O/c1-13(2)25-22-24(33-35(25)21-9-4-15(12-32)10-14(21)3)28(36)34-26(22)17-6-5-16(29)11-19(17)18-7-8-20(30)23(31)27(18)34/h4-11,13,26H,1-3H3. The summed E-state index contributed by atoms with van der Waals surface area (Å²) in [4.78, 5) is 15.4. The lowest BCUT2D eigenvalue weighted by Gasteiger charge is -2.35. The zero-order valence-corrected chi connectivity index (χ0v) is 21.1. The summed E-state index contributed by atoms with van der Waals surface area (Å²) in [5.41, 5.74) is 6.37. The number of carbonyl (C=O) groups is 1. The Hall–Kier alpha value is -3.66. The third-order valence-corrected chi connectivity index (χ3v) is 7.45. The molecule has 0 aliphatic carbocycles. The molecule has 2 aliphatic heterocycles. The fourth-order valence-electron chi connectivity index (χ4n) is 5.45. The Balaban J connectivity index is 1.67. The van der Waals surface area contributed by atoms with Gasteiger partial charge in [-0.1, -0.05) is 49.2 Å². The fourth-order valence-corrected chi connectivity index (χ4v) is 5.78. The van der Waals surface area contributed by atoms with Crippen LogP contribution in [0.5, 0.6) is 0 Å². The second-order valence-electron chi connectivity index (χ2n) is 9.39. The summed E-state index contributed by atoms with van der Waals surface area (Å²) in [6.45, 7) is 5.99. The molecule has 1 aromatic heterocycles. The van der Waals surface area contributed by atoms with Gasteiger partial charge in [-0.05, 0) is 65.9 Å². The quantitative estimate of drug-likeness (QED) is 0.279. The Kier molecular flexibility index (Phi) is 5.01. The van der Waals surface area contributed by atoms with Gasteiger partial charge in [0.1, 0.15) is 0 Å². The number of halogens is 3.